The lowest BCUT2D eigenvalue weighted by atomic mass is 10.1. The van der Waals surface area contributed by atoms with Crippen molar-refractivity contribution in [2.45, 2.75) is 12.8 Å². The molecule has 1 aromatic carbocycles. The zero-order chi connectivity index (χ0) is 13.9. The number of carbonyl (C=O) groups excluding carboxylic acids is 1. The van der Waals surface area contributed by atoms with Crippen LogP contribution < -0.4 is 15.4 Å². The molecule has 5 nitrogen and oxygen atoms in total. The number of rotatable bonds is 5. The summed E-state index contributed by atoms with van der Waals surface area (Å²) in [5.74, 6) is -0.145. The van der Waals surface area contributed by atoms with Gasteiger partial charge in [0.05, 0.1) is 13.7 Å². The number of amides is 2. The smallest absolute Gasteiger partial charge is 0.319 e. The van der Waals surface area contributed by atoms with Crippen LogP contribution in [0.4, 0.5) is 14.9 Å². The molecule has 1 saturated carbocycles. The number of aliphatic hydroxyl groups excluding tert-OH is 1. The summed E-state index contributed by atoms with van der Waals surface area (Å²) in [7, 11) is 1.43. The highest BCUT2D eigenvalue weighted by atomic mass is 19.1. The molecule has 0 bridgehead atoms. The lowest BCUT2D eigenvalue weighted by Gasteiger charge is -2.13. The Morgan fingerprint density at radius 1 is 1.47 bits per heavy atom. The van der Waals surface area contributed by atoms with Crippen LogP contribution in [0.5, 0.6) is 5.75 Å². The molecule has 1 aliphatic rings. The molecular weight excluding hydrogens is 251 g/mol. The van der Waals surface area contributed by atoms with Crippen LogP contribution in [0.2, 0.25) is 0 Å². The van der Waals surface area contributed by atoms with E-state index in [1.165, 1.54) is 25.3 Å². The average Bonchev–Trinajstić information content (AvgIpc) is 3.16. The van der Waals surface area contributed by atoms with Gasteiger partial charge >= 0.3 is 6.03 Å². The fourth-order valence-corrected chi connectivity index (χ4v) is 1.76. The van der Waals surface area contributed by atoms with E-state index in [4.69, 9.17) is 9.84 Å². The monoisotopic (exact) mass is 268 g/mol. The summed E-state index contributed by atoms with van der Waals surface area (Å²) in [4.78, 5) is 11.6. The summed E-state index contributed by atoms with van der Waals surface area (Å²) >= 11 is 0. The van der Waals surface area contributed by atoms with Crippen LogP contribution in [-0.4, -0.2) is 31.4 Å². The Bertz CT molecular complexity index is 475. The molecule has 0 atom stereocenters. The first-order chi connectivity index (χ1) is 9.07. The van der Waals surface area contributed by atoms with Crippen molar-refractivity contribution in [3.8, 4) is 5.75 Å². The van der Waals surface area contributed by atoms with Gasteiger partial charge in [-0.1, -0.05) is 0 Å². The van der Waals surface area contributed by atoms with Gasteiger partial charge in [-0.2, -0.15) is 0 Å². The molecule has 0 heterocycles. The van der Waals surface area contributed by atoms with Crippen molar-refractivity contribution in [2.75, 3.05) is 25.6 Å². The number of halogens is 1. The standard InChI is InChI=1S/C13H17FN2O3/c1-19-11-5-9(14)4-10(6-11)16-12(18)15-7-13(8-17)2-3-13/h4-6,17H,2-3,7-8H2,1H3,(H2,15,16,18). The van der Waals surface area contributed by atoms with E-state index in [0.29, 0.717) is 18.0 Å². The van der Waals surface area contributed by atoms with Gasteiger partial charge in [-0.15, -0.1) is 0 Å². The third kappa shape index (κ3) is 3.57. The Morgan fingerprint density at radius 3 is 2.79 bits per heavy atom. The normalized spacial score (nSPS) is 15.7. The van der Waals surface area contributed by atoms with Gasteiger partial charge < -0.3 is 20.5 Å². The number of hydrogen-bond acceptors (Lipinski definition) is 3. The molecule has 2 rings (SSSR count). The molecule has 0 unspecified atom stereocenters. The number of hydrogen-bond donors (Lipinski definition) is 3. The molecule has 1 aliphatic carbocycles. The summed E-state index contributed by atoms with van der Waals surface area (Å²) in [6.07, 6.45) is 1.83. The van der Waals surface area contributed by atoms with Crippen molar-refractivity contribution in [3.63, 3.8) is 0 Å². The second-order valence-corrected chi connectivity index (χ2v) is 4.85. The van der Waals surface area contributed by atoms with E-state index >= 15 is 0 Å². The van der Waals surface area contributed by atoms with Gasteiger partial charge in [0.25, 0.3) is 0 Å². The number of nitrogens with one attached hydrogen (secondary N) is 2. The fourth-order valence-electron chi connectivity index (χ4n) is 1.76. The molecule has 6 heteroatoms. The van der Waals surface area contributed by atoms with Gasteiger partial charge in [-0.3, -0.25) is 0 Å². The molecular formula is C13H17FN2O3. The van der Waals surface area contributed by atoms with Crippen LogP contribution in [0, 0.1) is 11.2 Å². The highest BCUT2D eigenvalue weighted by Gasteiger charge is 2.42. The van der Waals surface area contributed by atoms with Crippen molar-refractivity contribution in [3.05, 3.63) is 24.0 Å². The number of benzene rings is 1. The summed E-state index contributed by atoms with van der Waals surface area (Å²) in [5, 5.41) is 14.3. The van der Waals surface area contributed by atoms with Crippen LogP contribution in [-0.2, 0) is 0 Å². The summed E-state index contributed by atoms with van der Waals surface area (Å²) in [6.45, 7) is 0.489. The van der Waals surface area contributed by atoms with E-state index in [2.05, 4.69) is 10.6 Å². The maximum absolute atomic E-state index is 13.2. The van der Waals surface area contributed by atoms with Crippen LogP contribution in [0.1, 0.15) is 12.8 Å². The second kappa shape index (κ2) is 5.44. The molecule has 3 N–H and O–H groups in total. The van der Waals surface area contributed by atoms with Gasteiger partial charge in [-0.25, -0.2) is 9.18 Å². The zero-order valence-electron chi connectivity index (χ0n) is 10.7. The van der Waals surface area contributed by atoms with Crippen LogP contribution in [0.25, 0.3) is 0 Å². The molecule has 0 saturated heterocycles. The molecule has 0 radical (unpaired) electrons. The number of anilines is 1. The Balaban J connectivity index is 1.89. The minimum atomic E-state index is -0.483. The van der Waals surface area contributed by atoms with E-state index in [1.54, 1.807) is 0 Å². The summed E-state index contributed by atoms with van der Waals surface area (Å²) in [6, 6.07) is 3.55. The minimum absolute atomic E-state index is 0.0705. The maximum Gasteiger partial charge on any atom is 0.319 e. The lowest BCUT2D eigenvalue weighted by Crippen LogP contribution is -2.35. The highest BCUT2D eigenvalue weighted by molar-refractivity contribution is 5.89. The zero-order valence-corrected chi connectivity index (χ0v) is 10.7. The molecule has 1 aromatic rings. The Kier molecular flexibility index (Phi) is 3.90. The van der Waals surface area contributed by atoms with E-state index in [0.717, 1.165) is 12.8 Å². The number of aliphatic hydroxyl groups is 1. The predicted octanol–water partition coefficient (Wildman–Crippen LogP) is 1.73. The predicted molar refractivity (Wildman–Crippen MR) is 68.7 cm³/mol. The number of ether oxygens (including phenoxy) is 1. The third-order valence-electron chi connectivity index (χ3n) is 3.28. The van der Waals surface area contributed by atoms with E-state index < -0.39 is 11.8 Å². The molecule has 104 valence electrons. The van der Waals surface area contributed by atoms with Gasteiger partial charge in [0, 0.05) is 29.8 Å². The molecule has 0 spiro atoms. The Hall–Kier alpha value is -1.82. The first kappa shape index (κ1) is 13.6. The maximum atomic E-state index is 13.2. The van der Waals surface area contributed by atoms with Crippen LogP contribution in [0.3, 0.4) is 0 Å². The first-order valence-electron chi connectivity index (χ1n) is 6.07. The second-order valence-electron chi connectivity index (χ2n) is 4.85. The van der Waals surface area contributed by atoms with Gasteiger partial charge in [0.2, 0.25) is 0 Å². The first-order valence-corrected chi connectivity index (χ1v) is 6.07. The van der Waals surface area contributed by atoms with Crippen LogP contribution >= 0.6 is 0 Å². The Morgan fingerprint density at radius 2 is 2.21 bits per heavy atom. The number of carbonyl (C=O) groups is 1. The van der Waals surface area contributed by atoms with Crippen molar-refractivity contribution in [2.24, 2.45) is 5.41 Å². The van der Waals surface area contributed by atoms with Crippen molar-refractivity contribution < 1.29 is 19.0 Å². The summed E-state index contributed by atoms with van der Waals surface area (Å²) in [5.41, 5.74) is 0.167. The van der Waals surface area contributed by atoms with Crippen molar-refractivity contribution in [1.82, 2.24) is 5.32 Å². The molecule has 1 fully saturated rings. The number of urea groups is 1. The third-order valence-corrected chi connectivity index (χ3v) is 3.28. The number of methoxy groups -OCH3 is 1. The topological polar surface area (TPSA) is 70.6 Å². The van der Waals surface area contributed by atoms with Crippen molar-refractivity contribution in [1.29, 1.82) is 0 Å². The molecule has 2 amide bonds. The molecule has 19 heavy (non-hydrogen) atoms. The summed E-state index contributed by atoms with van der Waals surface area (Å²) < 4.78 is 18.1. The lowest BCUT2D eigenvalue weighted by molar-refractivity contribution is 0.206. The molecule has 0 aliphatic heterocycles. The Labute approximate surface area is 110 Å². The molecule has 0 aromatic heterocycles. The van der Waals surface area contributed by atoms with E-state index in [1.807, 2.05) is 0 Å². The SMILES string of the molecule is COc1cc(F)cc(NC(=O)NCC2(CO)CC2)c1. The largest absolute Gasteiger partial charge is 0.497 e. The quantitative estimate of drug-likeness (QED) is 0.761. The fraction of sp³-hybridized carbons (Fsp3) is 0.462. The highest BCUT2D eigenvalue weighted by Crippen LogP contribution is 2.44. The van der Waals surface area contributed by atoms with Gasteiger partial charge in [0.1, 0.15) is 11.6 Å². The average molecular weight is 268 g/mol. The van der Waals surface area contributed by atoms with Crippen LogP contribution in [0.15, 0.2) is 18.2 Å². The van der Waals surface area contributed by atoms with Gasteiger partial charge in [-0.05, 0) is 18.9 Å². The minimum Gasteiger partial charge on any atom is -0.497 e. The van der Waals surface area contributed by atoms with E-state index in [-0.39, 0.29) is 12.0 Å². The van der Waals surface area contributed by atoms with Gasteiger partial charge in [0.15, 0.2) is 0 Å². The van der Waals surface area contributed by atoms with Crippen molar-refractivity contribution >= 4 is 11.7 Å². The van der Waals surface area contributed by atoms with E-state index in [9.17, 15) is 9.18 Å².